The second-order valence-corrected chi connectivity index (χ2v) is 7.67. The fourth-order valence-electron chi connectivity index (χ4n) is 4.00. The maximum Gasteiger partial charge on any atom is 0.225 e. The van der Waals surface area contributed by atoms with Gasteiger partial charge in [-0.15, -0.1) is 0 Å². The van der Waals surface area contributed by atoms with Gasteiger partial charge >= 0.3 is 0 Å². The van der Waals surface area contributed by atoms with Crippen LogP contribution in [0, 0.1) is 11.7 Å². The van der Waals surface area contributed by atoms with E-state index >= 15 is 0 Å². The molecule has 1 atom stereocenters. The molecule has 5 heteroatoms. The highest BCUT2D eigenvalue weighted by molar-refractivity contribution is 5.89. The zero-order valence-electron chi connectivity index (χ0n) is 15.4. The molecule has 2 aliphatic rings. The topological polar surface area (TPSA) is 49.4 Å². The molecule has 1 N–H and O–H groups in total. The molecular formula is C21H29FN2O2. The van der Waals surface area contributed by atoms with Gasteiger partial charge in [0.1, 0.15) is 5.82 Å². The number of benzene rings is 1. The molecular weight excluding hydrogens is 331 g/mol. The second-order valence-electron chi connectivity index (χ2n) is 7.67. The summed E-state index contributed by atoms with van der Waals surface area (Å²) in [5.74, 6) is -0.406. The smallest absolute Gasteiger partial charge is 0.225 e. The number of hydrogen-bond acceptors (Lipinski definition) is 2. The van der Waals surface area contributed by atoms with E-state index < -0.39 is 0 Å². The van der Waals surface area contributed by atoms with E-state index in [9.17, 15) is 14.0 Å². The van der Waals surface area contributed by atoms with Gasteiger partial charge in [-0.05, 0) is 37.0 Å². The van der Waals surface area contributed by atoms with E-state index in [2.05, 4.69) is 5.32 Å². The summed E-state index contributed by atoms with van der Waals surface area (Å²) in [5, 5.41) is 3.19. The van der Waals surface area contributed by atoms with Crippen LogP contribution in [0.1, 0.15) is 56.9 Å². The summed E-state index contributed by atoms with van der Waals surface area (Å²) in [7, 11) is 0. The number of carbonyl (C=O) groups is 2. The molecule has 1 saturated carbocycles. The van der Waals surface area contributed by atoms with Crippen LogP contribution in [0.15, 0.2) is 24.3 Å². The predicted octanol–water partition coefficient (Wildman–Crippen LogP) is 3.45. The second kappa shape index (κ2) is 9.15. The Hall–Kier alpha value is -1.91. The summed E-state index contributed by atoms with van der Waals surface area (Å²) in [6, 6.07) is 6.63. The van der Waals surface area contributed by atoms with Gasteiger partial charge in [-0.3, -0.25) is 9.59 Å². The van der Waals surface area contributed by atoms with E-state index in [4.69, 9.17) is 0 Å². The highest BCUT2D eigenvalue weighted by Gasteiger charge is 2.34. The molecule has 1 unspecified atom stereocenters. The van der Waals surface area contributed by atoms with Gasteiger partial charge in [0.15, 0.2) is 0 Å². The van der Waals surface area contributed by atoms with Crippen LogP contribution in [-0.2, 0) is 16.0 Å². The van der Waals surface area contributed by atoms with E-state index in [0.29, 0.717) is 25.9 Å². The van der Waals surface area contributed by atoms with Gasteiger partial charge in [-0.1, -0.05) is 44.2 Å². The van der Waals surface area contributed by atoms with Crippen molar-refractivity contribution in [3.05, 3.63) is 35.6 Å². The Morgan fingerprint density at radius 1 is 1.08 bits per heavy atom. The lowest BCUT2D eigenvalue weighted by Gasteiger charge is -2.23. The molecule has 1 saturated heterocycles. The monoisotopic (exact) mass is 360 g/mol. The van der Waals surface area contributed by atoms with Gasteiger partial charge in [0.05, 0.1) is 5.92 Å². The van der Waals surface area contributed by atoms with Gasteiger partial charge in [-0.25, -0.2) is 4.39 Å². The first kappa shape index (κ1) is 18.9. The van der Waals surface area contributed by atoms with Crippen molar-refractivity contribution in [3.63, 3.8) is 0 Å². The van der Waals surface area contributed by atoms with Crippen molar-refractivity contribution in [3.8, 4) is 0 Å². The SMILES string of the molecule is O=C(NC1CCCCCCC1)C1CC(=O)N(CCc2ccc(F)cc2)C1. The minimum absolute atomic E-state index is 0.0354. The summed E-state index contributed by atoms with van der Waals surface area (Å²) >= 11 is 0. The van der Waals surface area contributed by atoms with Crippen LogP contribution in [-0.4, -0.2) is 35.8 Å². The van der Waals surface area contributed by atoms with E-state index in [-0.39, 0.29) is 29.6 Å². The number of amides is 2. The van der Waals surface area contributed by atoms with E-state index in [0.717, 1.165) is 18.4 Å². The first-order valence-electron chi connectivity index (χ1n) is 9.94. The lowest BCUT2D eigenvalue weighted by molar-refractivity contribution is -0.129. The molecule has 2 amide bonds. The van der Waals surface area contributed by atoms with Gasteiger partial charge in [0.25, 0.3) is 0 Å². The third-order valence-corrected chi connectivity index (χ3v) is 5.62. The third-order valence-electron chi connectivity index (χ3n) is 5.62. The molecule has 1 aromatic carbocycles. The van der Waals surface area contributed by atoms with Crippen LogP contribution < -0.4 is 5.32 Å². The molecule has 0 spiro atoms. The average Bonchev–Trinajstić information content (AvgIpc) is 2.98. The van der Waals surface area contributed by atoms with Crippen LogP contribution in [0.3, 0.4) is 0 Å². The number of rotatable bonds is 5. The Kier molecular flexibility index (Phi) is 6.64. The first-order valence-corrected chi connectivity index (χ1v) is 9.94. The Morgan fingerprint density at radius 3 is 2.42 bits per heavy atom. The van der Waals surface area contributed by atoms with E-state index in [1.807, 2.05) is 0 Å². The zero-order valence-corrected chi connectivity index (χ0v) is 15.4. The van der Waals surface area contributed by atoms with Crippen LogP contribution in [0.2, 0.25) is 0 Å². The molecule has 142 valence electrons. The minimum Gasteiger partial charge on any atom is -0.353 e. The zero-order chi connectivity index (χ0) is 18.4. The number of halogens is 1. The normalized spacial score (nSPS) is 22.1. The van der Waals surface area contributed by atoms with Gasteiger partial charge in [0, 0.05) is 25.6 Å². The van der Waals surface area contributed by atoms with Crippen molar-refractivity contribution >= 4 is 11.8 Å². The standard InChI is InChI=1S/C21H29FN2O2/c22-18-10-8-16(9-11-18)12-13-24-15-17(14-20(24)25)21(26)23-19-6-4-2-1-3-5-7-19/h8-11,17,19H,1-7,12-15H2,(H,23,26). The van der Waals surface area contributed by atoms with Gasteiger partial charge in [0.2, 0.25) is 11.8 Å². The highest BCUT2D eigenvalue weighted by Crippen LogP contribution is 2.21. The van der Waals surface area contributed by atoms with Crippen molar-refractivity contribution in [1.82, 2.24) is 10.2 Å². The molecule has 3 rings (SSSR count). The quantitative estimate of drug-likeness (QED) is 0.874. The van der Waals surface area contributed by atoms with Crippen LogP contribution >= 0.6 is 0 Å². The number of nitrogens with zero attached hydrogens (tertiary/aromatic N) is 1. The number of nitrogens with one attached hydrogen (secondary N) is 1. The van der Waals surface area contributed by atoms with E-state index in [1.54, 1.807) is 17.0 Å². The Bertz CT molecular complexity index is 609. The third kappa shape index (κ3) is 5.29. The number of likely N-dealkylation sites (tertiary alicyclic amines) is 1. The number of carbonyl (C=O) groups excluding carboxylic acids is 2. The lowest BCUT2D eigenvalue weighted by Crippen LogP contribution is -2.40. The Labute approximate surface area is 155 Å². The average molecular weight is 360 g/mol. The Balaban J connectivity index is 1.46. The van der Waals surface area contributed by atoms with Crippen LogP contribution in [0.5, 0.6) is 0 Å². The summed E-state index contributed by atoms with van der Waals surface area (Å²) < 4.78 is 13.0. The minimum atomic E-state index is -0.253. The van der Waals surface area contributed by atoms with Crippen molar-refractivity contribution in [2.75, 3.05) is 13.1 Å². The molecule has 1 aromatic rings. The summed E-state index contributed by atoms with van der Waals surface area (Å²) in [4.78, 5) is 26.6. The first-order chi connectivity index (χ1) is 12.6. The molecule has 4 nitrogen and oxygen atoms in total. The molecule has 2 fully saturated rings. The molecule has 0 aromatic heterocycles. The predicted molar refractivity (Wildman–Crippen MR) is 99.0 cm³/mol. The molecule has 1 aliphatic carbocycles. The Morgan fingerprint density at radius 2 is 1.73 bits per heavy atom. The summed E-state index contributed by atoms with van der Waals surface area (Å²) in [6.07, 6.45) is 9.28. The largest absolute Gasteiger partial charge is 0.353 e. The van der Waals surface area contributed by atoms with Gasteiger partial charge in [-0.2, -0.15) is 0 Å². The maximum atomic E-state index is 13.0. The molecule has 26 heavy (non-hydrogen) atoms. The molecule has 1 heterocycles. The van der Waals surface area contributed by atoms with Crippen molar-refractivity contribution in [1.29, 1.82) is 0 Å². The molecule has 1 aliphatic heterocycles. The van der Waals surface area contributed by atoms with Crippen molar-refractivity contribution in [2.45, 2.75) is 63.8 Å². The van der Waals surface area contributed by atoms with Crippen LogP contribution in [0.25, 0.3) is 0 Å². The van der Waals surface area contributed by atoms with Gasteiger partial charge < -0.3 is 10.2 Å². The van der Waals surface area contributed by atoms with Crippen molar-refractivity contribution < 1.29 is 14.0 Å². The van der Waals surface area contributed by atoms with Crippen molar-refractivity contribution in [2.24, 2.45) is 5.92 Å². The summed E-state index contributed by atoms with van der Waals surface area (Å²) in [6.45, 7) is 1.08. The fourth-order valence-corrected chi connectivity index (χ4v) is 4.00. The highest BCUT2D eigenvalue weighted by atomic mass is 19.1. The molecule has 0 radical (unpaired) electrons. The lowest BCUT2D eigenvalue weighted by atomic mass is 9.96. The maximum absolute atomic E-state index is 13.0. The molecule has 0 bridgehead atoms. The number of hydrogen-bond donors (Lipinski definition) is 1. The summed E-state index contributed by atoms with van der Waals surface area (Å²) in [5.41, 5.74) is 1.00. The van der Waals surface area contributed by atoms with Crippen LogP contribution in [0.4, 0.5) is 4.39 Å². The fraction of sp³-hybridized carbons (Fsp3) is 0.619. The van der Waals surface area contributed by atoms with E-state index in [1.165, 1.54) is 44.2 Å².